The van der Waals surface area contributed by atoms with E-state index in [4.69, 9.17) is 10.5 Å². The second-order valence-electron chi connectivity index (χ2n) is 4.05. The van der Waals surface area contributed by atoms with Gasteiger partial charge in [-0.05, 0) is 18.6 Å². The fourth-order valence-corrected chi connectivity index (χ4v) is 1.59. The van der Waals surface area contributed by atoms with E-state index in [0.29, 0.717) is 26.2 Å². The molecule has 1 amide bonds. The minimum Gasteiger partial charge on any atom is -0.380 e. The molecule has 0 heterocycles. The zero-order chi connectivity index (χ0) is 15.0. The van der Waals surface area contributed by atoms with Gasteiger partial charge in [-0.1, -0.05) is 12.1 Å². The molecule has 1 aromatic rings. The first kappa shape index (κ1) is 16.5. The third kappa shape index (κ3) is 5.18. The van der Waals surface area contributed by atoms with Crippen LogP contribution in [0.1, 0.15) is 22.3 Å². The van der Waals surface area contributed by atoms with Crippen molar-refractivity contribution in [1.29, 1.82) is 0 Å². The van der Waals surface area contributed by atoms with E-state index in [-0.39, 0.29) is 12.1 Å². The van der Waals surface area contributed by atoms with E-state index in [1.807, 2.05) is 0 Å². The lowest BCUT2D eigenvalue weighted by Gasteiger charge is -2.12. The zero-order valence-corrected chi connectivity index (χ0v) is 10.9. The molecule has 0 aliphatic carbocycles. The number of nitrogens with two attached hydrogens (primary N) is 1. The lowest BCUT2D eigenvalue weighted by molar-refractivity contribution is -0.137. The third-order valence-corrected chi connectivity index (χ3v) is 2.49. The van der Waals surface area contributed by atoms with Gasteiger partial charge in [0.1, 0.15) is 0 Å². The predicted molar refractivity (Wildman–Crippen MR) is 68.3 cm³/mol. The first-order valence-corrected chi connectivity index (χ1v) is 6.19. The normalized spacial score (nSPS) is 11.4. The molecular weight excluding hydrogens is 273 g/mol. The highest BCUT2D eigenvalue weighted by molar-refractivity contribution is 5.95. The van der Waals surface area contributed by atoms with Gasteiger partial charge in [0.2, 0.25) is 0 Å². The van der Waals surface area contributed by atoms with Crippen molar-refractivity contribution in [2.45, 2.75) is 12.6 Å². The number of nitrogens with one attached hydrogen (secondary N) is 1. The molecule has 4 nitrogen and oxygen atoms in total. The summed E-state index contributed by atoms with van der Waals surface area (Å²) in [5.74, 6) is -0.739. The number of hydrogen-bond donors (Lipinski definition) is 2. The topological polar surface area (TPSA) is 64.3 Å². The highest BCUT2D eigenvalue weighted by Crippen LogP contribution is 2.31. The minimum atomic E-state index is -4.54. The number of amides is 1. The van der Waals surface area contributed by atoms with Gasteiger partial charge in [-0.3, -0.25) is 4.79 Å². The Bertz CT molecular complexity index is 436. The van der Waals surface area contributed by atoms with E-state index in [2.05, 4.69) is 5.32 Å². The van der Waals surface area contributed by atoms with Crippen LogP contribution >= 0.6 is 0 Å². The number of alkyl halides is 3. The van der Waals surface area contributed by atoms with Crippen LogP contribution in [0.2, 0.25) is 0 Å². The standard InChI is InChI=1S/C13H17F3N2O2/c14-13(15,16)11-5-2-1-4-10(11)12(19)18-7-3-8-20-9-6-17/h1-2,4-5H,3,6-9,17H2,(H,18,19). The summed E-state index contributed by atoms with van der Waals surface area (Å²) in [4.78, 5) is 11.7. The molecule has 0 radical (unpaired) electrons. The maximum Gasteiger partial charge on any atom is 0.417 e. The van der Waals surface area contributed by atoms with Gasteiger partial charge in [0.05, 0.1) is 17.7 Å². The van der Waals surface area contributed by atoms with Crippen molar-refractivity contribution in [2.75, 3.05) is 26.3 Å². The molecule has 0 fully saturated rings. The van der Waals surface area contributed by atoms with Gasteiger partial charge in [-0.2, -0.15) is 13.2 Å². The Kier molecular flexibility index (Phi) is 6.47. The Labute approximate surface area is 115 Å². The average molecular weight is 290 g/mol. The van der Waals surface area contributed by atoms with Crippen LogP contribution in [0.4, 0.5) is 13.2 Å². The number of rotatable bonds is 7. The van der Waals surface area contributed by atoms with Gasteiger partial charge in [0.15, 0.2) is 0 Å². The van der Waals surface area contributed by atoms with E-state index in [0.717, 1.165) is 12.1 Å². The lowest BCUT2D eigenvalue weighted by atomic mass is 10.1. The molecule has 0 saturated heterocycles. The van der Waals surface area contributed by atoms with Crippen molar-refractivity contribution in [3.8, 4) is 0 Å². The zero-order valence-electron chi connectivity index (χ0n) is 10.9. The maximum atomic E-state index is 12.7. The SMILES string of the molecule is NCCOCCCNC(=O)c1ccccc1C(F)(F)F. The molecule has 0 spiro atoms. The highest BCUT2D eigenvalue weighted by atomic mass is 19.4. The van der Waals surface area contributed by atoms with Crippen molar-refractivity contribution in [3.63, 3.8) is 0 Å². The minimum absolute atomic E-state index is 0.246. The van der Waals surface area contributed by atoms with Gasteiger partial charge in [0, 0.05) is 19.7 Å². The molecule has 0 aliphatic heterocycles. The third-order valence-electron chi connectivity index (χ3n) is 2.49. The van der Waals surface area contributed by atoms with Crippen LogP contribution in [0.15, 0.2) is 24.3 Å². The summed E-state index contributed by atoms with van der Waals surface area (Å²) in [5, 5.41) is 2.44. The number of benzene rings is 1. The van der Waals surface area contributed by atoms with Gasteiger partial charge >= 0.3 is 6.18 Å². The van der Waals surface area contributed by atoms with E-state index in [1.54, 1.807) is 0 Å². The second kappa shape index (κ2) is 7.86. The molecule has 112 valence electrons. The Morgan fingerprint density at radius 1 is 1.25 bits per heavy atom. The van der Waals surface area contributed by atoms with E-state index >= 15 is 0 Å². The van der Waals surface area contributed by atoms with Crippen LogP contribution in [0.25, 0.3) is 0 Å². The van der Waals surface area contributed by atoms with Gasteiger partial charge in [-0.15, -0.1) is 0 Å². The van der Waals surface area contributed by atoms with Crippen LogP contribution in [-0.2, 0) is 10.9 Å². The highest BCUT2D eigenvalue weighted by Gasteiger charge is 2.34. The van der Waals surface area contributed by atoms with Crippen molar-refractivity contribution in [3.05, 3.63) is 35.4 Å². The Hall–Kier alpha value is -1.60. The van der Waals surface area contributed by atoms with Gasteiger partial charge < -0.3 is 15.8 Å². The van der Waals surface area contributed by atoms with Crippen LogP contribution in [0.5, 0.6) is 0 Å². The number of ether oxygens (including phenoxy) is 1. The van der Waals surface area contributed by atoms with Gasteiger partial charge in [0.25, 0.3) is 5.91 Å². The molecular formula is C13H17F3N2O2. The van der Waals surface area contributed by atoms with E-state index in [1.165, 1.54) is 12.1 Å². The molecule has 0 unspecified atom stereocenters. The number of hydrogen-bond acceptors (Lipinski definition) is 3. The first-order valence-electron chi connectivity index (χ1n) is 6.19. The van der Waals surface area contributed by atoms with Crippen LogP contribution in [0, 0.1) is 0 Å². The van der Waals surface area contributed by atoms with Crippen molar-refractivity contribution in [2.24, 2.45) is 5.73 Å². The lowest BCUT2D eigenvalue weighted by Crippen LogP contribution is -2.27. The van der Waals surface area contributed by atoms with Crippen molar-refractivity contribution < 1.29 is 22.7 Å². The molecule has 0 aliphatic rings. The Morgan fingerprint density at radius 3 is 2.60 bits per heavy atom. The predicted octanol–water partition coefficient (Wildman–Crippen LogP) is 1.80. The summed E-state index contributed by atoms with van der Waals surface area (Å²) in [5.41, 5.74) is 3.92. The second-order valence-corrected chi connectivity index (χ2v) is 4.05. The summed E-state index contributed by atoms with van der Waals surface area (Å²) in [6.45, 7) is 1.48. The summed E-state index contributed by atoms with van der Waals surface area (Å²) in [6, 6.07) is 4.69. The first-order chi connectivity index (χ1) is 9.46. The van der Waals surface area contributed by atoms with Gasteiger partial charge in [-0.25, -0.2) is 0 Å². The Morgan fingerprint density at radius 2 is 1.95 bits per heavy atom. The number of carbonyl (C=O) groups is 1. The average Bonchev–Trinajstić information content (AvgIpc) is 2.41. The monoisotopic (exact) mass is 290 g/mol. The van der Waals surface area contributed by atoms with E-state index in [9.17, 15) is 18.0 Å². The smallest absolute Gasteiger partial charge is 0.380 e. The Balaban J connectivity index is 2.52. The molecule has 1 rings (SSSR count). The fourth-order valence-electron chi connectivity index (χ4n) is 1.59. The quantitative estimate of drug-likeness (QED) is 0.753. The fraction of sp³-hybridized carbons (Fsp3) is 0.462. The summed E-state index contributed by atoms with van der Waals surface area (Å²) in [6.07, 6.45) is -4.03. The maximum absolute atomic E-state index is 12.7. The molecule has 7 heteroatoms. The van der Waals surface area contributed by atoms with Crippen molar-refractivity contribution >= 4 is 5.91 Å². The number of carbonyl (C=O) groups excluding carboxylic acids is 1. The molecule has 0 aromatic heterocycles. The molecule has 0 saturated carbocycles. The van der Waals surface area contributed by atoms with Crippen LogP contribution in [-0.4, -0.2) is 32.2 Å². The summed E-state index contributed by atoms with van der Waals surface area (Å²) < 4.78 is 43.3. The van der Waals surface area contributed by atoms with Crippen molar-refractivity contribution in [1.82, 2.24) is 5.32 Å². The summed E-state index contributed by atoms with van der Waals surface area (Å²) >= 11 is 0. The molecule has 3 N–H and O–H groups in total. The summed E-state index contributed by atoms with van der Waals surface area (Å²) in [7, 11) is 0. The molecule has 0 bridgehead atoms. The molecule has 1 aromatic carbocycles. The van der Waals surface area contributed by atoms with Crippen LogP contribution < -0.4 is 11.1 Å². The van der Waals surface area contributed by atoms with Crippen LogP contribution in [0.3, 0.4) is 0 Å². The largest absolute Gasteiger partial charge is 0.417 e. The number of halogens is 3. The molecule has 0 atom stereocenters. The molecule has 20 heavy (non-hydrogen) atoms. The van der Waals surface area contributed by atoms with E-state index < -0.39 is 17.6 Å².